The molecular weight excluding hydrogens is 297 g/mol. The van der Waals surface area contributed by atoms with Crippen LogP contribution in [-0.2, 0) is 0 Å². The van der Waals surface area contributed by atoms with Gasteiger partial charge in [0, 0.05) is 13.1 Å². The second-order valence-corrected chi connectivity index (χ2v) is 5.13. The van der Waals surface area contributed by atoms with Crippen LogP contribution >= 0.6 is 0 Å². The van der Waals surface area contributed by atoms with E-state index >= 15 is 0 Å². The number of guanidine groups is 1. The SMILES string of the molecule is COc1ccccc1NC(N)=NC1CCN(CC(F)(F)F)C1. The minimum absolute atomic E-state index is 0.170. The molecule has 1 atom stereocenters. The Morgan fingerprint density at radius 3 is 2.86 bits per heavy atom. The number of rotatable bonds is 4. The van der Waals surface area contributed by atoms with Gasteiger partial charge in [0.25, 0.3) is 0 Å². The maximum Gasteiger partial charge on any atom is 0.401 e. The average molecular weight is 316 g/mol. The lowest BCUT2D eigenvalue weighted by atomic mass is 10.3. The van der Waals surface area contributed by atoms with Crippen molar-refractivity contribution in [3.05, 3.63) is 24.3 Å². The standard InChI is InChI=1S/C14H19F3N4O/c1-22-12-5-3-2-4-11(12)20-13(18)19-10-6-7-21(8-10)9-14(15,16)17/h2-5,10H,6-9H2,1H3,(H3,18,19,20). The highest BCUT2D eigenvalue weighted by molar-refractivity contribution is 5.93. The number of anilines is 1. The molecule has 1 aliphatic heterocycles. The van der Waals surface area contributed by atoms with Crippen LogP contribution < -0.4 is 15.8 Å². The molecule has 0 aromatic heterocycles. The molecule has 1 unspecified atom stereocenters. The lowest BCUT2D eigenvalue weighted by molar-refractivity contribution is -0.143. The van der Waals surface area contributed by atoms with Crippen LogP contribution in [0.5, 0.6) is 5.75 Å². The van der Waals surface area contributed by atoms with Crippen LogP contribution in [-0.4, -0.2) is 49.8 Å². The van der Waals surface area contributed by atoms with Crippen LogP contribution in [0, 0.1) is 0 Å². The number of nitrogens with zero attached hydrogens (tertiary/aromatic N) is 2. The Morgan fingerprint density at radius 2 is 2.18 bits per heavy atom. The molecular formula is C14H19F3N4O. The van der Waals surface area contributed by atoms with E-state index in [4.69, 9.17) is 10.5 Å². The Bertz CT molecular complexity index is 533. The summed E-state index contributed by atoms with van der Waals surface area (Å²) in [5, 5.41) is 2.91. The van der Waals surface area contributed by atoms with Gasteiger partial charge in [0.05, 0.1) is 25.4 Å². The predicted molar refractivity (Wildman–Crippen MR) is 79.1 cm³/mol. The van der Waals surface area contributed by atoms with Crippen LogP contribution in [0.2, 0.25) is 0 Å². The van der Waals surface area contributed by atoms with Crippen molar-refractivity contribution < 1.29 is 17.9 Å². The number of halogens is 3. The number of ether oxygens (including phenoxy) is 1. The largest absolute Gasteiger partial charge is 0.495 e. The van der Waals surface area contributed by atoms with Crippen molar-refractivity contribution in [2.45, 2.75) is 18.6 Å². The van der Waals surface area contributed by atoms with E-state index in [0.29, 0.717) is 24.4 Å². The quantitative estimate of drug-likeness (QED) is 0.659. The molecule has 8 heteroatoms. The molecule has 0 aliphatic carbocycles. The molecule has 2 rings (SSSR count). The van der Waals surface area contributed by atoms with Crippen molar-refractivity contribution >= 4 is 11.6 Å². The van der Waals surface area contributed by atoms with E-state index < -0.39 is 12.7 Å². The van der Waals surface area contributed by atoms with Crippen molar-refractivity contribution in [1.29, 1.82) is 0 Å². The molecule has 0 radical (unpaired) electrons. The molecule has 0 spiro atoms. The highest BCUT2D eigenvalue weighted by atomic mass is 19.4. The summed E-state index contributed by atoms with van der Waals surface area (Å²) in [4.78, 5) is 5.58. The molecule has 0 bridgehead atoms. The van der Waals surface area contributed by atoms with Gasteiger partial charge in [-0.1, -0.05) is 12.1 Å². The van der Waals surface area contributed by atoms with E-state index in [9.17, 15) is 13.2 Å². The van der Waals surface area contributed by atoms with Crippen molar-refractivity contribution in [2.24, 2.45) is 10.7 Å². The molecule has 1 aliphatic rings. The summed E-state index contributed by atoms with van der Waals surface area (Å²) in [5.41, 5.74) is 6.49. The van der Waals surface area contributed by atoms with Crippen LogP contribution in [0.4, 0.5) is 18.9 Å². The summed E-state index contributed by atoms with van der Waals surface area (Å²) in [5.74, 6) is 0.786. The number of para-hydroxylation sites is 2. The van der Waals surface area contributed by atoms with Crippen molar-refractivity contribution in [2.75, 3.05) is 32.1 Å². The van der Waals surface area contributed by atoms with Crippen LogP contribution in [0.3, 0.4) is 0 Å². The summed E-state index contributed by atoms with van der Waals surface area (Å²) in [6.45, 7) is -0.276. The first kappa shape index (κ1) is 16.4. The van der Waals surface area contributed by atoms with E-state index in [-0.39, 0.29) is 18.5 Å². The second kappa shape index (κ2) is 6.87. The Morgan fingerprint density at radius 1 is 1.45 bits per heavy atom. The van der Waals surface area contributed by atoms with E-state index in [1.165, 1.54) is 4.90 Å². The number of hydrogen-bond acceptors (Lipinski definition) is 3. The summed E-state index contributed by atoms with van der Waals surface area (Å²) >= 11 is 0. The summed E-state index contributed by atoms with van der Waals surface area (Å²) in [6.07, 6.45) is -3.62. The van der Waals surface area contributed by atoms with Gasteiger partial charge >= 0.3 is 6.18 Å². The maximum absolute atomic E-state index is 12.3. The molecule has 3 N–H and O–H groups in total. The van der Waals surface area contributed by atoms with Gasteiger partial charge < -0.3 is 15.8 Å². The topological polar surface area (TPSA) is 62.9 Å². The number of likely N-dealkylation sites (tertiary alicyclic amines) is 1. The zero-order valence-electron chi connectivity index (χ0n) is 12.2. The number of methoxy groups -OCH3 is 1. The van der Waals surface area contributed by atoms with Gasteiger partial charge in [-0.3, -0.25) is 4.90 Å². The second-order valence-electron chi connectivity index (χ2n) is 5.13. The van der Waals surface area contributed by atoms with Crippen molar-refractivity contribution in [3.63, 3.8) is 0 Å². The molecule has 122 valence electrons. The number of benzene rings is 1. The number of nitrogens with one attached hydrogen (secondary N) is 1. The number of hydrogen-bond donors (Lipinski definition) is 2. The Kier molecular flexibility index (Phi) is 5.12. The van der Waals surface area contributed by atoms with Gasteiger partial charge in [0.1, 0.15) is 5.75 Å². The third-order valence-corrected chi connectivity index (χ3v) is 3.34. The Labute approximate surface area is 127 Å². The molecule has 1 fully saturated rings. The lowest BCUT2D eigenvalue weighted by Crippen LogP contribution is -2.33. The molecule has 22 heavy (non-hydrogen) atoms. The minimum atomic E-state index is -4.18. The molecule has 5 nitrogen and oxygen atoms in total. The third kappa shape index (κ3) is 4.80. The van der Waals surface area contributed by atoms with Gasteiger partial charge in [-0.05, 0) is 18.6 Å². The van der Waals surface area contributed by atoms with Gasteiger partial charge in [0.15, 0.2) is 5.96 Å². The fourth-order valence-electron chi connectivity index (χ4n) is 2.43. The third-order valence-electron chi connectivity index (χ3n) is 3.34. The van der Waals surface area contributed by atoms with E-state index in [1.807, 2.05) is 12.1 Å². The highest BCUT2D eigenvalue weighted by Crippen LogP contribution is 2.23. The molecule has 1 aromatic carbocycles. The van der Waals surface area contributed by atoms with Gasteiger partial charge in [-0.15, -0.1) is 0 Å². The normalized spacial score (nSPS) is 20.2. The molecule has 1 saturated heterocycles. The first-order valence-corrected chi connectivity index (χ1v) is 6.90. The van der Waals surface area contributed by atoms with E-state index in [1.54, 1.807) is 19.2 Å². The Balaban J connectivity index is 1.93. The fraction of sp³-hybridized carbons (Fsp3) is 0.500. The van der Waals surface area contributed by atoms with Gasteiger partial charge in [-0.2, -0.15) is 13.2 Å². The van der Waals surface area contributed by atoms with E-state index in [0.717, 1.165) is 0 Å². The van der Waals surface area contributed by atoms with E-state index in [2.05, 4.69) is 10.3 Å². The average Bonchev–Trinajstić information content (AvgIpc) is 2.84. The fourth-order valence-corrected chi connectivity index (χ4v) is 2.43. The van der Waals surface area contributed by atoms with Gasteiger partial charge in [-0.25, -0.2) is 4.99 Å². The minimum Gasteiger partial charge on any atom is -0.495 e. The number of alkyl halides is 3. The maximum atomic E-state index is 12.3. The van der Waals surface area contributed by atoms with Crippen LogP contribution in [0.15, 0.2) is 29.3 Å². The molecule has 0 amide bonds. The highest BCUT2D eigenvalue weighted by Gasteiger charge is 2.34. The smallest absolute Gasteiger partial charge is 0.401 e. The molecule has 1 heterocycles. The summed E-state index contributed by atoms with van der Waals surface area (Å²) < 4.78 is 42.2. The monoisotopic (exact) mass is 316 g/mol. The van der Waals surface area contributed by atoms with Crippen LogP contribution in [0.1, 0.15) is 6.42 Å². The van der Waals surface area contributed by atoms with Gasteiger partial charge in [0.2, 0.25) is 0 Å². The molecule has 1 aromatic rings. The Hall–Kier alpha value is -1.96. The zero-order chi connectivity index (χ0) is 16.2. The summed E-state index contributed by atoms with van der Waals surface area (Å²) in [6, 6.07) is 6.97. The van der Waals surface area contributed by atoms with Crippen molar-refractivity contribution in [1.82, 2.24) is 4.90 Å². The number of nitrogens with two attached hydrogens (primary N) is 1. The number of aliphatic imine (C=N–C) groups is 1. The first-order chi connectivity index (χ1) is 10.4. The molecule has 0 saturated carbocycles. The summed E-state index contributed by atoms with van der Waals surface area (Å²) in [7, 11) is 1.54. The zero-order valence-corrected chi connectivity index (χ0v) is 12.2. The predicted octanol–water partition coefficient (Wildman–Crippen LogP) is 2.06. The lowest BCUT2D eigenvalue weighted by Gasteiger charge is -2.17. The first-order valence-electron chi connectivity index (χ1n) is 6.90. The van der Waals surface area contributed by atoms with Crippen molar-refractivity contribution in [3.8, 4) is 5.75 Å². The van der Waals surface area contributed by atoms with Crippen LogP contribution in [0.25, 0.3) is 0 Å².